The van der Waals surface area contributed by atoms with Crippen molar-refractivity contribution in [3.05, 3.63) is 5.82 Å². The highest BCUT2D eigenvalue weighted by molar-refractivity contribution is 5.79. The minimum atomic E-state index is -6.24. The van der Waals surface area contributed by atoms with Gasteiger partial charge in [0.05, 0.1) is 11.8 Å². The molecule has 3 heterocycles. The summed E-state index contributed by atoms with van der Waals surface area (Å²) in [4.78, 5) is 13.3. The van der Waals surface area contributed by atoms with Crippen molar-refractivity contribution in [2.45, 2.75) is 49.5 Å². The maximum Gasteiger partial charge on any atom is 0.378 e. The van der Waals surface area contributed by atoms with Gasteiger partial charge in [-0.05, 0) is 23.3 Å². The molecule has 3 atom stereocenters. The fourth-order valence-corrected chi connectivity index (χ4v) is 4.41. The fraction of sp³-hybridized carbons (Fsp3) is 0.867. The summed E-state index contributed by atoms with van der Waals surface area (Å²) in [6.45, 7) is -2.07. The molecule has 0 N–H and O–H groups in total. The highest BCUT2D eigenvalue weighted by Gasteiger charge is 2.89. The number of carbonyl (C=O) groups is 1. The van der Waals surface area contributed by atoms with E-state index in [1.54, 1.807) is 0 Å². The SMILES string of the molecule is O=C(C1CCc2nnnn2CC1)N1CC2C(C1)C(F)(F)C(F)(F)C(F)(F)C2(F)F. The lowest BCUT2D eigenvalue weighted by Gasteiger charge is -2.47. The second-order valence-electron chi connectivity index (χ2n) is 7.69. The van der Waals surface area contributed by atoms with E-state index in [4.69, 9.17) is 0 Å². The normalized spacial score (nSPS) is 34.2. The van der Waals surface area contributed by atoms with Crippen molar-refractivity contribution < 1.29 is 39.9 Å². The molecule has 0 aromatic carbocycles. The number of amides is 1. The zero-order valence-electron chi connectivity index (χ0n) is 14.6. The summed E-state index contributed by atoms with van der Waals surface area (Å²) in [5, 5.41) is 10.9. The van der Waals surface area contributed by atoms with Gasteiger partial charge in [0.15, 0.2) is 5.82 Å². The number of carbonyl (C=O) groups excluding carboxylic acids is 1. The first-order valence-corrected chi connectivity index (χ1v) is 8.87. The predicted octanol–water partition coefficient (Wildman–Crippen LogP) is 2.25. The van der Waals surface area contributed by atoms with Crippen LogP contribution in [0.2, 0.25) is 0 Å². The van der Waals surface area contributed by atoms with Crippen molar-refractivity contribution in [3.63, 3.8) is 0 Å². The van der Waals surface area contributed by atoms with Gasteiger partial charge >= 0.3 is 23.7 Å². The molecule has 0 spiro atoms. The van der Waals surface area contributed by atoms with E-state index in [1.165, 1.54) is 4.68 Å². The number of tetrazole rings is 1. The molecule has 14 heteroatoms. The van der Waals surface area contributed by atoms with E-state index in [0.717, 1.165) is 0 Å². The Kier molecular flexibility index (Phi) is 4.19. The van der Waals surface area contributed by atoms with Crippen LogP contribution in [0.25, 0.3) is 0 Å². The van der Waals surface area contributed by atoms with Crippen LogP contribution in [0, 0.1) is 17.8 Å². The van der Waals surface area contributed by atoms with E-state index in [2.05, 4.69) is 15.5 Å². The lowest BCUT2D eigenvalue weighted by Crippen LogP contribution is -2.72. The van der Waals surface area contributed by atoms with Crippen LogP contribution in [-0.4, -0.2) is 67.8 Å². The number of aromatic nitrogens is 4. The van der Waals surface area contributed by atoms with Crippen molar-refractivity contribution in [2.75, 3.05) is 13.1 Å². The average molecular weight is 433 g/mol. The molecule has 6 nitrogen and oxygen atoms in total. The summed E-state index contributed by atoms with van der Waals surface area (Å²) in [6, 6.07) is 0. The van der Waals surface area contributed by atoms with Gasteiger partial charge in [0.2, 0.25) is 5.91 Å². The molecule has 1 amide bonds. The third kappa shape index (κ3) is 2.52. The van der Waals surface area contributed by atoms with Gasteiger partial charge in [0.1, 0.15) is 0 Å². The van der Waals surface area contributed by atoms with Crippen LogP contribution in [0.5, 0.6) is 0 Å². The Morgan fingerprint density at radius 3 is 2.00 bits per heavy atom. The van der Waals surface area contributed by atoms with Gasteiger partial charge in [-0.1, -0.05) is 0 Å². The van der Waals surface area contributed by atoms with Gasteiger partial charge in [0, 0.05) is 32.0 Å². The number of hydrogen-bond donors (Lipinski definition) is 0. The van der Waals surface area contributed by atoms with Gasteiger partial charge in [0.25, 0.3) is 0 Å². The molecule has 4 rings (SSSR count). The van der Waals surface area contributed by atoms with Gasteiger partial charge in [-0.15, -0.1) is 5.10 Å². The van der Waals surface area contributed by atoms with E-state index in [-0.39, 0.29) is 25.8 Å². The molecule has 1 aromatic rings. The molecule has 2 fully saturated rings. The summed E-state index contributed by atoms with van der Waals surface area (Å²) in [5.41, 5.74) is 0. The van der Waals surface area contributed by atoms with Crippen molar-refractivity contribution in [2.24, 2.45) is 17.8 Å². The van der Waals surface area contributed by atoms with Gasteiger partial charge in [-0.3, -0.25) is 4.79 Å². The topological polar surface area (TPSA) is 63.9 Å². The minimum Gasteiger partial charge on any atom is -0.341 e. The fourth-order valence-electron chi connectivity index (χ4n) is 4.41. The van der Waals surface area contributed by atoms with Crippen molar-refractivity contribution >= 4 is 5.91 Å². The molecule has 1 saturated heterocycles. The largest absolute Gasteiger partial charge is 0.378 e. The Hall–Kier alpha value is -2.02. The van der Waals surface area contributed by atoms with E-state index in [1.807, 2.05) is 0 Å². The van der Waals surface area contributed by atoms with Crippen LogP contribution in [0.1, 0.15) is 18.7 Å². The average Bonchev–Trinajstić information content (AvgIpc) is 3.24. The van der Waals surface area contributed by atoms with E-state index in [9.17, 15) is 39.9 Å². The molecule has 1 saturated carbocycles. The third-order valence-electron chi connectivity index (χ3n) is 6.16. The summed E-state index contributed by atoms with van der Waals surface area (Å²) >= 11 is 0. The molecular weight excluding hydrogens is 418 g/mol. The Labute approximate surface area is 158 Å². The maximum absolute atomic E-state index is 14.1. The second-order valence-corrected chi connectivity index (χ2v) is 7.69. The molecule has 0 bridgehead atoms. The Balaban J connectivity index is 1.57. The van der Waals surface area contributed by atoms with Crippen LogP contribution in [0.3, 0.4) is 0 Å². The number of halogens is 8. The first-order valence-electron chi connectivity index (χ1n) is 8.87. The Morgan fingerprint density at radius 1 is 0.897 bits per heavy atom. The zero-order valence-corrected chi connectivity index (χ0v) is 14.6. The zero-order chi connectivity index (χ0) is 21.4. The summed E-state index contributed by atoms with van der Waals surface area (Å²) in [5.74, 6) is -29.9. The molecule has 162 valence electrons. The highest BCUT2D eigenvalue weighted by atomic mass is 19.4. The second kappa shape index (κ2) is 6.00. The lowest BCUT2D eigenvalue weighted by atomic mass is 9.71. The Bertz CT molecular complexity index is 771. The standard InChI is InChI=1S/C15H15F8N5O/c16-12(17)8-5-27(6-9(8)13(18,19)15(22,23)14(12,20)21)11(29)7-1-2-10-24-25-26-28(10)4-3-7/h7-9H,1-6H2. The van der Waals surface area contributed by atoms with Crippen molar-refractivity contribution in [1.82, 2.24) is 25.1 Å². The van der Waals surface area contributed by atoms with Crippen LogP contribution in [0.4, 0.5) is 35.1 Å². The monoisotopic (exact) mass is 433 g/mol. The van der Waals surface area contributed by atoms with Crippen molar-refractivity contribution in [1.29, 1.82) is 0 Å². The van der Waals surface area contributed by atoms with Crippen molar-refractivity contribution in [3.8, 4) is 0 Å². The molecule has 29 heavy (non-hydrogen) atoms. The number of fused-ring (bicyclic) bond motifs is 2. The molecule has 3 aliphatic rings. The molecule has 0 radical (unpaired) electrons. The van der Waals surface area contributed by atoms with Crippen LogP contribution in [0.15, 0.2) is 0 Å². The molecule has 1 aromatic heterocycles. The summed E-state index contributed by atoms with van der Waals surface area (Å²) in [6.07, 6.45) is 0.610. The van der Waals surface area contributed by atoms with Gasteiger partial charge in [-0.25, -0.2) is 4.68 Å². The number of rotatable bonds is 1. The molecular formula is C15H15F8N5O. The first-order chi connectivity index (χ1) is 13.3. The molecule has 3 unspecified atom stereocenters. The minimum absolute atomic E-state index is 0.168. The quantitative estimate of drug-likeness (QED) is 0.638. The predicted molar refractivity (Wildman–Crippen MR) is 77.6 cm³/mol. The Morgan fingerprint density at radius 2 is 1.45 bits per heavy atom. The number of likely N-dealkylation sites (tertiary alicyclic amines) is 1. The highest BCUT2D eigenvalue weighted by Crippen LogP contribution is 2.65. The molecule has 1 aliphatic carbocycles. The van der Waals surface area contributed by atoms with Gasteiger partial charge < -0.3 is 4.90 Å². The number of nitrogens with zero attached hydrogens (tertiary/aromatic N) is 5. The van der Waals surface area contributed by atoms with Crippen LogP contribution in [-0.2, 0) is 17.8 Å². The van der Waals surface area contributed by atoms with Crippen LogP contribution < -0.4 is 0 Å². The van der Waals surface area contributed by atoms with E-state index >= 15 is 0 Å². The smallest absolute Gasteiger partial charge is 0.341 e. The number of hydrogen-bond acceptors (Lipinski definition) is 4. The summed E-state index contributed by atoms with van der Waals surface area (Å²) < 4.78 is 113. The van der Waals surface area contributed by atoms with E-state index in [0.29, 0.717) is 10.7 Å². The lowest BCUT2D eigenvalue weighted by molar-refractivity contribution is -0.418. The van der Waals surface area contributed by atoms with Gasteiger partial charge in [-0.2, -0.15) is 35.1 Å². The molecule has 2 aliphatic heterocycles. The van der Waals surface area contributed by atoms with E-state index < -0.39 is 60.4 Å². The van der Waals surface area contributed by atoms with Crippen LogP contribution >= 0.6 is 0 Å². The third-order valence-corrected chi connectivity index (χ3v) is 6.16. The first kappa shape index (κ1) is 20.3. The maximum atomic E-state index is 14.1. The summed E-state index contributed by atoms with van der Waals surface area (Å²) in [7, 11) is 0. The number of aryl methyl sites for hydroxylation is 2. The number of alkyl halides is 8.